The maximum absolute atomic E-state index is 13.3. The average molecular weight is 519 g/mol. The Morgan fingerprint density at radius 3 is 2.76 bits per heavy atom. The van der Waals surface area contributed by atoms with Crippen molar-refractivity contribution in [2.45, 2.75) is 38.9 Å². The quantitative estimate of drug-likeness (QED) is 0.380. The van der Waals surface area contributed by atoms with Crippen molar-refractivity contribution in [2.75, 3.05) is 18.0 Å². The Morgan fingerprint density at radius 1 is 1.16 bits per heavy atom. The molecule has 194 valence electrons. The van der Waals surface area contributed by atoms with Crippen molar-refractivity contribution >= 4 is 29.0 Å². The van der Waals surface area contributed by atoms with Gasteiger partial charge in [0.1, 0.15) is 0 Å². The van der Waals surface area contributed by atoms with Gasteiger partial charge in [-0.15, -0.1) is 12.4 Å². The molecule has 1 aromatic carbocycles. The number of aryl methyl sites for hydroxylation is 2. The van der Waals surface area contributed by atoms with Crippen molar-refractivity contribution in [2.24, 2.45) is 18.7 Å². The Balaban J connectivity index is 0.00000320. The first-order valence-corrected chi connectivity index (χ1v) is 12.7. The maximum atomic E-state index is 13.3. The Hall–Kier alpha value is -3.26. The van der Waals surface area contributed by atoms with Gasteiger partial charge >= 0.3 is 0 Å². The summed E-state index contributed by atoms with van der Waals surface area (Å²) in [6.07, 6.45) is 7.99. The van der Waals surface area contributed by atoms with E-state index in [1.54, 1.807) is 0 Å². The molecule has 5 rings (SSSR count). The standard InChI is InChI=1S/C29H34N6O.ClH/c1-20-14-21(11-12-31-20)28(22-6-5-13-35(19-22)25-10-9-24(15-30)32-17-25)33-16-23-18-34(2)27-8-4-3-7-26(27)29(23)36;/h3-4,7-12,14,17-18,22,28,33H,5-6,13,15-16,19,30H2,1-2H3;1H/t22-,28?;/m0./s1. The molecule has 3 N–H and O–H groups in total. The van der Waals surface area contributed by atoms with Crippen LogP contribution in [0.2, 0.25) is 0 Å². The number of nitrogens with two attached hydrogens (primary N) is 1. The second-order valence-electron chi connectivity index (χ2n) is 9.76. The van der Waals surface area contributed by atoms with Crippen LogP contribution >= 0.6 is 12.4 Å². The van der Waals surface area contributed by atoms with E-state index in [4.69, 9.17) is 5.73 Å². The van der Waals surface area contributed by atoms with Crippen molar-refractivity contribution in [3.8, 4) is 0 Å². The van der Waals surface area contributed by atoms with Crippen molar-refractivity contribution in [1.29, 1.82) is 0 Å². The van der Waals surface area contributed by atoms with Crippen LogP contribution in [-0.4, -0.2) is 27.6 Å². The number of nitrogens with zero attached hydrogens (tertiary/aromatic N) is 4. The summed E-state index contributed by atoms with van der Waals surface area (Å²) in [6, 6.07) is 16.3. The third-order valence-electron chi connectivity index (χ3n) is 7.27. The van der Waals surface area contributed by atoms with Gasteiger partial charge in [-0.3, -0.25) is 14.8 Å². The molecule has 1 unspecified atom stereocenters. The summed E-state index contributed by atoms with van der Waals surface area (Å²) in [7, 11) is 2.00. The molecule has 1 fully saturated rings. The number of hydrogen-bond acceptors (Lipinski definition) is 6. The molecule has 0 radical (unpaired) electrons. The van der Waals surface area contributed by atoms with Gasteiger partial charge in [-0.2, -0.15) is 0 Å². The zero-order valence-corrected chi connectivity index (χ0v) is 22.2. The number of hydrogen-bond donors (Lipinski definition) is 2. The summed E-state index contributed by atoms with van der Waals surface area (Å²) >= 11 is 0. The van der Waals surface area contributed by atoms with Crippen LogP contribution in [0.3, 0.4) is 0 Å². The zero-order chi connectivity index (χ0) is 25.1. The zero-order valence-electron chi connectivity index (χ0n) is 21.4. The Morgan fingerprint density at radius 2 is 2.00 bits per heavy atom. The van der Waals surface area contributed by atoms with Crippen LogP contribution in [-0.2, 0) is 20.1 Å². The molecule has 3 aromatic heterocycles. The summed E-state index contributed by atoms with van der Waals surface area (Å²) in [5, 5.41) is 4.53. The fourth-order valence-electron chi connectivity index (χ4n) is 5.41. The average Bonchev–Trinajstić information content (AvgIpc) is 2.92. The van der Waals surface area contributed by atoms with Gasteiger partial charge in [0, 0.05) is 68.3 Å². The van der Waals surface area contributed by atoms with Gasteiger partial charge in [0.25, 0.3) is 0 Å². The molecular weight excluding hydrogens is 484 g/mol. The molecule has 7 nitrogen and oxygen atoms in total. The first-order valence-electron chi connectivity index (χ1n) is 12.7. The van der Waals surface area contributed by atoms with Gasteiger partial charge in [-0.05, 0) is 67.6 Å². The highest BCUT2D eigenvalue weighted by molar-refractivity contribution is 5.85. The monoisotopic (exact) mass is 518 g/mol. The number of para-hydroxylation sites is 1. The molecule has 4 heterocycles. The van der Waals surface area contributed by atoms with Gasteiger partial charge in [0.05, 0.1) is 23.1 Å². The lowest BCUT2D eigenvalue weighted by Gasteiger charge is -2.39. The number of fused-ring (bicyclic) bond motifs is 1. The van der Waals surface area contributed by atoms with E-state index < -0.39 is 0 Å². The van der Waals surface area contributed by atoms with E-state index in [2.05, 4.69) is 38.4 Å². The largest absolute Gasteiger partial charge is 0.370 e. The first-order chi connectivity index (χ1) is 17.5. The van der Waals surface area contributed by atoms with Crippen molar-refractivity contribution in [3.05, 3.63) is 99.9 Å². The molecule has 0 spiro atoms. The molecule has 0 bridgehead atoms. The van der Waals surface area contributed by atoms with E-state index in [1.165, 1.54) is 5.56 Å². The normalized spacial score (nSPS) is 16.4. The number of rotatable bonds is 7. The number of anilines is 1. The van der Waals surface area contributed by atoms with Crippen LogP contribution in [0.4, 0.5) is 5.69 Å². The summed E-state index contributed by atoms with van der Waals surface area (Å²) in [5.74, 6) is 0.374. The van der Waals surface area contributed by atoms with Crippen molar-refractivity contribution < 1.29 is 0 Å². The number of pyridine rings is 3. The van der Waals surface area contributed by atoms with Gasteiger partial charge in [0.2, 0.25) is 0 Å². The predicted octanol–water partition coefficient (Wildman–Crippen LogP) is 4.26. The number of aromatic nitrogens is 3. The lowest BCUT2D eigenvalue weighted by Crippen LogP contribution is -2.42. The molecule has 8 heteroatoms. The third kappa shape index (κ3) is 5.85. The Bertz CT molecular complexity index is 1400. The number of halogens is 1. The second kappa shape index (κ2) is 11.9. The van der Waals surface area contributed by atoms with Crippen LogP contribution < -0.4 is 21.4 Å². The SMILES string of the molecule is Cc1cc(C(NCc2cn(C)c3ccccc3c2=O)[C@H]2CCCN(c3ccc(CN)nc3)C2)ccn1.Cl. The minimum atomic E-state index is 0. The number of benzene rings is 1. The van der Waals surface area contributed by atoms with Crippen molar-refractivity contribution in [1.82, 2.24) is 19.9 Å². The molecular formula is C29H35ClN6O. The highest BCUT2D eigenvalue weighted by Crippen LogP contribution is 2.32. The van der Waals surface area contributed by atoms with E-state index in [9.17, 15) is 4.79 Å². The Kier molecular flexibility index (Phi) is 8.59. The molecule has 4 aromatic rings. The van der Waals surface area contributed by atoms with Crippen LogP contribution in [0.1, 0.15) is 41.4 Å². The van der Waals surface area contributed by atoms with Gasteiger partial charge < -0.3 is 20.5 Å². The van der Waals surface area contributed by atoms with E-state index in [1.807, 2.05) is 67.5 Å². The summed E-state index contributed by atoms with van der Waals surface area (Å²) in [4.78, 5) is 24.6. The lowest BCUT2D eigenvalue weighted by atomic mass is 9.86. The highest BCUT2D eigenvalue weighted by atomic mass is 35.5. The third-order valence-corrected chi connectivity index (χ3v) is 7.27. The number of piperidine rings is 1. The van der Waals surface area contributed by atoms with E-state index >= 15 is 0 Å². The fourth-order valence-corrected chi connectivity index (χ4v) is 5.41. The molecule has 0 saturated carbocycles. The molecule has 37 heavy (non-hydrogen) atoms. The minimum absolute atomic E-state index is 0. The topological polar surface area (TPSA) is 89.1 Å². The minimum Gasteiger partial charge on any atom is -0.370 e. The van der Waals surface area contributed by atoms with E-state index in [-0.39, 0.29) is 23.9 Å². The first kappa shape index (κ1) is 26.8. The fraction of sp³-hybridized carbons (Fsp3) is 0.345. The molecule has 1 aliphatic heterocycles. The molecule has 0 aliphatic carbocycles. The van der Waals surface area contributed by atoms with Gasteiger partial charge in [-0.25, -0.2) is 0 Å². The van der Waals surface area contributed by atoms with Crippen LogP contribution in [0.15, 0.2) is 71.9 Å². The van der Waals surface area contributed by atoms with Gasteiger partial charge in [-0.1, -0.05) is 12.1 Å². The van der Waals surface area contributed by atoms with E-state index in [0.29, 0.717) is 19.0 Å². The van der Waals surface area contributed by atoms with E-state index in [0.717, 1.165) is 59.5 Å². The molecule has 0 amide bonds. The molecule has 1 aliphatic rings. The molecule has 1 saturated heterocycles. The summed E-state index contributed by atoms with van der Waals surface area (Å²) < 4.78 is 2.04. The highest BCUT2D eigenvalue weighted by Gasteiger charge is 2.29. The molecule has 2 atom stereocenters. The summed E-state index contributed by atoms with van der Waals surface area (Å²) in [5.41, 5.74) is 11.8. The summed E-state index contributed by atoms with van der Waals surface area (Å²) in [6.45, 7) is 4.90. The smallest absolute Gasteiger partial charge is 0.193 e. The Labute approximate surface area is 224 Å². The van der Waals surface area contributed by atoms with Crippen LogP contribution in [0, 0.1) is 12.8 Å². The lowest BCUT2D eigenvalue weighted by molar-refractivity contribution is 0.307. The van der Waals surface area contributed by atoms with Crippen LogP contribution in [0.25, 0.3) is 10.9 Å². The van der Waals surface area contributed by atoms with Crippen molar-refractivity contribution in [3.63, 3.8) is 0 Å². The second-order valence-corrected chi connectivity index (χ2v) is 9.76. The van der Waals surface area contributed by atoms with Gasteiger partial charge in [0.15, 0.2) is 5.43 Å². The number of nitrogens with one attached hydrogen (secondary N) is 1. The predicted molar refractivity (Wildman–Crippen MR) is 152 cm³/mol. The van der Waals surface area contributed by atoms with Crippen LogP contribution in [0.5, 0.6) is 0 Å². The maximum Gasteiger partial charge on any atom is 0.193 e.